The van der Waals surface area contributed by atoms with Crippen molar-refractivity contribution in [2.24, 2.45) is 5.92 Å². The number of amides is 1. The SMILES string of the molecule is CC(Cc1ccccc1Cl)C(=O)NC(Cc1ccccc1)C(=O)O. The Morgan fingerprint density at radius 3 is 2.29 bits per heavy atom. The van der Waals surface area contributed by atoms with Crippen LogP contribution in [0.3, 0.4) is 0 Å². The lowest BCUT2D eigenvalue weighted by Crippen LogP contribution is -2.44. The molecule has 5 heteroatoms. The summed E-state index contributed by atoms with van der Waals surface area (Å²) >= 11 is 6.11. The van der Waals surface area contributed by atoms with Crippen molar-refractivity contribution in [3.8, 4) is 0 Å². The fraction of sp³-hybridized carbons (Fsp3) is 0.263. The van der Waals surface area contributed by atoms with Gasteiger partial charge in [0.25, 0.3) is 0 Å². The van der Waals surface area contributed by atoms with E-state index in [9.17, 15) is 14.7 Å². The summed E-state index contributed by atoms with van der Waals surface area (Å²) in [7, 11) is 0. The number of carboxylic acids is 1. The second kappa shape index (κ2) is 8.50. The predicted molar refractivity (Wildman–Crippen MR) is 94.0 cm³/mol. The van der Waals surface area contributed by atoms with E-state index in [0.29, 0.717) is 11.4 Å². The lowest BCUT2D eigenvalue weighted by atomic mass is 9.99. The first kappa shape index (κ1) is 18.0. The smallest absolute Gasteiger partial charge is 0.326 e. The van der Waals surface area contributed by atoms with Gasteiger partial charge in [0, 0.05) is 17.4 Å². The van der Waals surface area contributed by atoms with E-state index in [2.05, 4.69) is 5.32 Å². The van der Waals surface area contributed by atoms with Gasteiger partial charge in [0.2, 0.25) is 5.91 Å². The van der Waals surface area contributed by atoms with Gasteiger partial charge < -0.3 is 10.4 Å². The highest BCUT2D eigenvalue weighted by atomic mass is 35.5. The van der Waals surface area contributed by atoms with E-state index in [1.54, 1.807) is 13.0 Å². The molecule has 0 fully saturated rings. The molecule has 0 saturated carbocycles. The zero-order valence-electron chi connectivity index (χ0n) is 13.4. The molecule has 24 heavy (non-hydrogen) atoms. The lowest BCUT2D eigenvalue weighted by molar-refractivity contribution is -0.142. The van der Waals surface area contributed by atoms with Crippen LogP contribution in [0.1, 0.15) is 18.1 Å². The molecule has 0 bridgehead atoms. The van der Waals surface area contributed by atoms with Crippen molar-refractivity contribution in [2.75, 3.05) is 0 Å². The van der Waals surface area contributed by atoms with Crippen LogP contribution in [0.25, 0.3) is 0 Å². The molecule has 0 aliphatic rings. The summed E-state index contributed by atoms with van der Waals surface area (Å²) in [6.07, 6.45) is 0.712. The summed E-state index contributed by atoms with van der Waals surface area (Å²) in [4.78, 5) is 23.8. The number of carbonyl (C=O) groups is 2. The number of halogens is 1. The number of hydrogen-bond acceptors (Lipinski definition) is 2. The molecule has 0 saturated heterocycles. The largest absolute Gasteiger partial charge is 0.480 e. The van der Waals surface area contributed by atoms with E-state index >= 15 is 0 Å². The van der Waals surface area contributed by atoms with Gasteiger partial charge in [0.05, 0.1) is 0 Å². The molecule has 0 radical (unpaired) electrons. The average Bonchev–Trinajstić information content (AvgIpc) is 2.57. The molecule has 2 rings (SSSR count). The van der Waals surface area contributed by atoms with E-state index in [0.717, 1.165) is 11.1 Å². The molecule has 2 atom stereocenters. The zero-order chi connectivity index (χ0) is 17.5. The second-order valence-corrected chi connectivity index (χ2v) is 6.19. The Balaban J connectivity index is 1.99. The van der Waals surface area contributed by atoms with Crippen LogP contribution in [0.15, 0.2) is 54.6 Å². The standard InChI is InChI=1S/C19H20ClNO3/c1-13(11-15-9-5-6-10-16(15)20)18(22)21-17(19(23)24)12-14-7-3-2-4-8-14/h2-10,13,17H,11-12H2,1H3,(H,21,22)(H,23,24). The molecule has 2 aromatic rings. The van der Waals surface area contributed by atoms with Gasteiger partial charge in [-0.05, 0) is 23.6 Å². The molecule has 2 N–H and O–H groups in total. The lowest BCUT2D eigenvalue weighted by Gasteiger charge is -2.18. The maximum absolute atomic E-state index is 12.3. The molecule has 2 unspecified atom stereocenters. The van der Waals surface area contributed by atoms with Crippen LogP contribution in [-0.4, -0.2) is 23.0 Å². The fourth-order valence-corrected chi connectivity index (χ4v) is 2.66. The highest BCUT2D eigenvalue weighted by Crippen LogP contribution is 2.19. The molecular formula is C19H20ClNO3. The molecule has 126 valence electrons. The number of carboxylic acid groups (broad SMARTS) is 1. The summed E-state index contributed by atoms with van der Waals surface area (Å²) in [5, 5.41) is 12.6. The summed E-state index contributed by atoms with van der Waals surface area (Å²) in [6, 6.07) is 15.6. The molecule has 0 spiro atoms. The van der Waals surface area contributed by atoms with E-state index < -0.39 is 12.0 Å². The molecule has 0 aliphatic carbocycles. The van der Waals surface area contributed by atoms with Gasteiger partial charge in [-0.3, -0.25) is 4.79 Å². The third kappa shape index (κ3) is 5.10. The topological polar surface area (TPSA) is 66.4 Å². The first-order chi connectivity index (χ1) is 11.5. The molecule has 0 aliphatic heterocycles. The Labute approximate surface area is 146 Å². The van der Waals surface area contributed by atoms with Crippen molar-refractivity contribution in [1.82, 2.24) is 5.32 Å². The van der Waals surface area contributed by atoms with E-state index in [-0.39, 0.29) is 18.2 Å². The maximum atomic E-state index is 12.3. The van der Waals surface area contributed by atoms with Crippen LogP contribution in [-0.2, 0) is 22.4 Å². The summed E-state index contributed by atoms with van der Waals surface area (Å²) < 4.78 is 0. The zero-order valence-corrected chi connectivity index (χ0v) is 14.2. The number of hydrogen-bond donors (Lipinski definition) is 2. The van der Waals surface area contributed by atoms with E-state index in [1.807, 2.05) is 48.5 Å². The third-order valence-corrected chi connectivity index (χ3v) is 4.20. The highest BCUT2D eigenvalue weighted by Gasteiger charge is 2.23. The van der Waals surface area contributed by atoms with Crippen molar-refractivity contribution >= 4 is 23.5 Å². The Bertz CT molecular complexity index is 703. The monoisotopic (exact) mass is 345 g/mol. The van der Waals surface area contributed by atoms with E-state index in [1.165, 1.54) is 0 Å². The Morgan fingerprint density at radius 1 is 1.04 bits per heavy atom. The van der Waals surface area contributed by atoms with Gasteiger partial charge in [-0.1, -0.05) is 67.1 Å². The number of carbonyl (C=O) groups excluding carboxylic acids is 1. The molecule has 0 aromatic heterocycles. The summed E-state index contributed by atoms with van der Waals surface area (Å²) in [6.45, 7) is 1.76. The van der Waals surface area contributed by atoms with Crippen LogP contribution in [0.4, 0.5) is 0 Å². The van der Waals surface area contributed by atoms with Gasteiger partial charge in [-0.15, -0.1) is 0 Å². The van der Waals surface area contributed by atoms with E-state index in [4.69, 9.17) is 11.6 Å². The fourth-order valence-electron chi connectivity index (χ4n) is 2.45. The Morgan fingerprint density at radius 2 is 1.67 bits per heavy atom. The van der Waals surface area contributed by atoms with Crippen molar-refractivity contribution in [2.45, 2.75) is 25.8 Å². The van der Waals surface area contributed by atoms with Crippen LogP contribution in [0.2, 0.25) is 5.02 Å². The number of nitrogens with one attached hydrogen (secondary N) is 1. The van der Waals surface area contributed by atoms with Crippen LogP contribution in [0.5, 0.6) is 0 Å². The Kier molecular flexibility index (Phi) is 6.38. The number of benzene rings is 2. The van der Waals surface area contributed by atoms with Gasteiger partial charge in [-0.25, -0.2) is 4.79 Å². The summed E-state index contributed by atoms with van der Waals surface area (Å²) in [5.41, 5.74) is 1.74. The van der Waals surface area contributed by atoms with Crippen molar-refractivity contribution in [1.29, 1.82) is 0 Å². The molecule has 0 heterocycles. The minimum atomic E-state index is -1.04. The van der Waals surface area contributed by atoms with Crippen LogP contribution < -0.4 is 5.32 Å². The first-order valence-corrected chi connectivity index (χ1v) is 8.15. The van der Waals surface area contributed by atoms with Gasteiger partial charge in [-0.2, -0.15) is 0 Å². The first-order valence-electron chi connectivity index (χ1n) is 7.78. The number of aliphatic carboxylic acids is 1. The van der Waals surface area contributed by atoms with Crippen molar-refractivity contribution < 1.29 is 14.7 Å². The predicted octanol–water partition coefficient (Wildman–Crippen LogP) is 3.33. The third-order valence-electron chi connectivity index (χ3n) is 3.83. The quantitative estimate of drug-likeness (QED) is 0.808. The molecule has 2 aromatic carbocycles. The molecule has 4 nitrogen and oxygen atoms in total. The summed E-state index contributed by atoms with van der Waals surface area (Å²) in [5.74, 6) is -1.71. The van der Waals surface area contributed by atoms with Crippen molar-refractivity contribution in [3.63, 3.8) is 0 Å². The Hall–Kier alpha value is -2.33. The second-order valence-electron chi connectivity index (χ2n) is 5.79. The molecular weight excluding hydrogens is 326 g/mol. The van der Waals surface area contributed by atoms with Gasteiger partial charge in [0.1, 0.15) is 6.04 Å². The average molecular weight is 346 g/mol. The minimum Gasteiger partial charge on any atom is -0.480 e. The van der Waals surface area contributed by atoms with Gasteiger partial charge in [0.15, 0.2) is 0 Å². The molecule has 1 amide bonds. The highest BCUT2D eigenvalue weighted by molar-refractivity contribution is 6.31. The number of rotatable bonds is 7. The minimum absolute atomic E-state index is 0.251. The maximum Gasteiger partial charge on any atom is 0.326 e. The van der Waals surface area contributed by atoms with Crippen LogP contribution >= 0.6 is 11.6 Å². The van der Waals surface area contributed by atoms with Crippen molar-refractivity contribution in [3.05, 3.63) is 70.7 Å². The van der Waals surface area contributed by atoms with Gasteiger partial charge >= 0.3 is 5.97 Å². The van der Waals surface area contributed by atoms with Crippen LogP contribution in [0, 0.1) is 5.92 Å². The normalized spacial score (nSPS) is 13.1.